The first kappa shape index (κ1) is 18.0. The van der Waals surface area contributed by atoms with Crippen molar-refractivity contribution in [3.05, 3.63) is 64.4 Å². The van der Waals surface area contributed by atoms with Gasteiger partial charge in [0.2, 0.25) is 5.88 Å². The van der Waals surface area contributed by atoms with Gasteiger partial charge < -0.3 is 19.5 Å². The van der Waals surface area contributed by atoms with Crippen molar-refractivity contribution in [2.24, 2.45) is 0 Å². The quantitative estimate of drug-likeness (QED) is 0.754. The number of fused-ring (bicyclic) bond motifs is 1. The molecule has 3 aromatic rings. The van der Waals surface area contributed by atoms with Crippen LogP contribution in [0.25, 0.3) is 10.9 Å². The summed E-state index contributed by atoms with van der Waals surface area (Å²) < 4.78 is 5.46. The predicted molar refractivity (Wildman–Crippen MR) is 108 cm³/mol. The minimum Gasteiger partial charge on any atom is -0.478 e. The summed E-state index contributed by atoms with van der Waals surface area (Å²) in [5, 5.41) is 0.587. The first-order valence-corrected chi connectivity index (χ1v) is 9.42. The summed E-state index contributed by atoms with van der Waals surface area (Å²) in [5.74, 6) is 1.29. The van der Waals surface area contributed by atoms with E-state index in [9.17, 15) is 9.59 Å². The summed E-state index contributed by atoms with van der Waals surface area (Å²) in [4.78, 5) is 36.7. The molecular formula is C21H22N4O3. The number of hydrogen-bond acceptors (Lipinski definition) is 5. The molecule has 1 aromatic carbocycles. The zero-order valence-corrected chi connectivity index (χ0v) is 15.7. The topological polar surface area (TPSA) is 78.5 Å². The summed E-state index contributed by atoms with van der Waals surface area (Å²) >= 11 is 0. The molecule has 28 heavy (non-hydrogen) atoms. The van der Waals surface area contributed by atoms with E-state index < -0.39 is 0 Å². The second-order valence-electron chi connectivity index (χ2n) is 6.64. The van der Waals surface area contributed by atoms with Crippen LogP contribution < -0.4 is 15.1 Å². The molecule has 0 bridgehead atoms. The SMILES string of the molecule is CCOc1cccc(N2CCN(C(=O)c3cc(=O)c4ccccc4[nH]3)CC2)n1. The van der Waals surface area contributed by atoms with Crippen molar-refractivity contribution >= 4 is 22.6 Å². The van der Waals surface area contributed by atoms with E-state index in [-0.39, 0.29) is 11.3 Å². The third-order valence-electron chi connectivity index (χ3n) is 4.86. The number of aromatic nitrogens is 2. The van der Waals surface area contributed by atoms with E-state index in [0.29, 0.717) is 55.3 Å². The second kappa shape index (κ2) is 7.72. The molecule has 0 aliphatic carbocycles. The molecule has 0 radical (unpaired) electrons. The number of pyridine rings is 2. The molecule has 0 atom stereocenters. The molecule has 1 saturated heterocycles. The summed E-state index contributed by atoms with van der Waals surface area (Å²) in [6.07, 6.45) is 0. The van der Waals surface area contributed by atoms with Gasteiger partial charge in [0.15, 0.2) is 5.43 Å². The number of H-pyrrole nitrogens is 1. The molecule has 144 valence electrons. The Hall–Kier alpha value is -3.35. The number of nitrogens with zero attached hydrogens (tertiary/aromatic N) is 3. The van der Waals surface area contributed by atoms with E-state index in [2.05, 4.69) is 14.9 Å². The molecule has 1 fully saturated rings. The Bertz CT molecular complexity index is 1050. The van der Waals surface area contributed by atoms with E-state index in [1.165, 1.54) is 6.07 Å². The standard InChI is InChI=1S/C21H22N4O3/c1-2-28-20-9-5-8-19(23-20)24-10-12-25(13-11-24)21(27)17-14-18(26)15-6-3-4-7-16(15)22-17/h3-9,14H,2,10-13H2,1H3,(H,22,26). The molecule has 1 aliphatic heterocycles. The molecule has 4 rings (SSSR count). The highest BCUT2D eigenvalue weighted by molar-refractivity contribution is 5.95. The number of carbonyl (C=O) groups excluding carboxylic acids is 1. The van der Waals surface area contributed by atoms with Crippen LogP contribution >= 0.6 is 0 Å². The fraction of sp³-hybridized carbons (Fsp3) is 0.286. The molecular weight excluding hydrogens is 356 g/mol. The van der Waals surface area contributed by atoms with Gasteiger partial charge in [-0.2, -0.15) is 4.98 Å². The molecule has 7 heteroatoms. The van der Waals surface area contributed by atoms with Crippen LogP contribution in [0.3, 0.4) is 0 Å². The Morgan fingerprint density at radius 2 is 1.89 bits per heavy atom. The molecule has 1 amide bonds. The maximum Gasteiger partial charge on any atom is 0.270 e. The van der Waals surface area contributed by atoms with Gasteiger partial charge in [-0.3, -0.25) is 9.59 Å². The van der Waals surface area contributed by atoms with Crippen LogP contribution in [0.5, 0.6) is 5.88 Å². The number of benzene rings is 1. The van der Waals surface area contributed by atoms with Crippen LogP contribution in [-0.4, -0.2) is 53.6 Å². The Balaban J connectivity index is 1.47. The van der Waals surface area contributed by atoms with Crippen molar-refractivity contribution in [3.63, 3.8) is 0 Å². The highest BCUT2D eigenvalue weighted by Crippen LogP contribution is 2.18. The highest BCUT2D eigenvalue weighted by atomic mass is 16.5. The van der Waals surface area contributed by atoms with E-state index in [1.54, 1.807) is 11.0 Å². The molecule has 2 aromatic heterocycles. The van der Waals surface area contributed by atoms with Crippen molar-refractivity contribution in [3.8, 4) is 5.88 Å². The number of carbonyl (C=O) groups is 1. The van der Waals surface area contributed by atoms with E-state index in [0.717, 1.165) is 5.82 Å². The lowest BCUT2D eigenvalue weighted by Crippen LogP contribution is -2.49. The molecule has 0 unspecified atom stereocenters. The summed E-state index contributed by atoms with van der Waals surface area (Å²) in [6.45, 7) is 4.97. The number of nitrogens with one attached hydrogen (secondary N) is 1. The van der Waals surface area contributed by atoms with Crippen LogP contribution in [0.4, 0.5) is 5.82 Å². The molecule has 0 spiro atoms. The number of rotatable bonds is 4. The Morgan fingerprint density at radius 3 is 2.68 bits per heavy atom. The van der Waals surface area contributed by atoms with Crippen LogP contribution in [0.2, 0.25) is 0 Å². The maximum absolute atomic E-state index is 12.9. The predicted octanol–water partition coefficient (Wildman–Crippen LogP) is 2.28. The van der Waals surface area contributed by atoms with Gasteiger partial charge in [-0.05, 0) is 25.1 Å². The van der Waals surface area contributed by atoms with Gasteiger partial charge in [0.05, 0.1) is 6.61 Å². The molecule has 1 N–H and O–H groups in total. The summed E-state index contributed by atoms with van der Waals surface area (Å²) in [5.41, 5.74) is 0.857. The summed E-state index contributed by atoms with van der Waals surface area (Å²) in [7, 11) is 0. The van der Waals surface area contributed by atoms with E-state index >= 15 is 0 Å². The van der Waals surface area contributed by atoms with Crippen LogP contribution in [0.15, 0.2) is 53.3 Å². The van der Waals surface area contributed by atoms with Gasteiger partial charge in [-0.25, -0.2) is 0 Å². The van der Waals surface area contributed by atoms with E-state index in [1.807, 2.05) is 43.3 Å². The largest absolute Gasteiger partial charge is 0.478 e. The zero-order chi connectivity index (χ0) is 19.5. The van der Waals surface area contributed by atoms with Crippen LogP contribution in [-0.2, 0) is 0 Å². The third kappa shape index (κ3) is 3.55. The monoisotopic (exact) mass is 378 g/mol. The number of para-hydroxylation sites is 1. The van der Waals surface area contributed by atoms with Gasteiger partial charge in [0, 0.05) is 49.2 Å². The van der Waals surface area contributed by atoms with E-state index in [4.69, 9.17) is 4.74 Å². The average molecular weight is 378 g/mol. The van der Waals surface area contributed by atoms with Gasteiger partial charge >= 0.3 is 0 Å². The van der Waals surface area contributed by atoms with Gasteiger partial charge in [-0.15, -0.1) is 0 Å². The number of aromatic amines is 1. The average Bonchev–Trinajstić information content (AvgIpc) is 2.74. The van der Waals surface area contributed by atoms with Gasteiger partial charge in [0.1, 0.15) is 11.5 Å². The van der Waals surface area contributed by atoms with Crippen molar-refractivity contribution < 1.29 is 9.53 Å². The van der Waals surface area contributed by atoms with Gasteiger partial charge in [0.25, 0.3) is 5.91 Å². The number of anilines is 1. The third-order valence-corrected chi connectivity index (χ3v) is 4.86. The van der Waals surface area contributed by atoms with Crippen molar-refractivity contribution in [1.82, 2.24) is 14.9 Å². The fourth-order valence-corrected chi connectivity index (χ4v) is 3.43. The number of hydrogen-bond donors (Lipinski definition) is 1. The van der Waals surface area contributed by atoms with Crippen molar-refractivity contribution in [1.29, 1.82) is 0 Å². The first-order valence-electron chi connectivity index (χ1n) is 9.42. The Kier molecular flexibility index (Phi) is 4.97. The molecule has 7 nitrogen and oxygen atoms in total. The fourth-order valence-electron chi connectivity index (χ4n) is 3.43. The highest BCUT2D eigenvalue weighted by Gasteiger charge is 2.24. The maximum atomic E-state index is 12.9. The number of ether oxygens (including phenoxy) is 1. The summed E-state index contributed by atoms with van der Waals surface area (Å²) in [6, 6.07) is 14.3. The normalized spacial score (nSPS) is 14.3. The van der Waals surface area contributed by atoms with Crippen LogP contribution in [0.1, 0.15) is 17.4 Å². The van der Waals surface area contributed by atoms with Gasteiger partial charge in [-0.1, -0.05) is 18.2 Å². The molecule has 0 saturated carbocycles. The smallest absolute Gasteiger partial charge is 0.270 e. The van der Waals surface area contributed by atoms with Crippen LogP contribution in [0, 0.1) is 0 Å². The minimum absolute atomic E-state index is 0.145. The molecule has 1 aliphatic rings. The number of amides is 1. The lowest BCUT2D eigenvalue weighted by Gasteiger charge is -2.35. The second-order valence-corrected chi connectivity index (χ2v) is 6.64. The van der Waals surface area contributed by atoms with Crippen molar-refractivity contribution in [2.75, 3.05) is 37.7 Å². The van der Waals surface area contributed by atoms with Crippen molar-refractivity contribution in [2.45, 2.75) is 6.92 Å². The Morgan fingerprint density at radius 1 is 1.11 bits per heavy atom. The zero-order valence-electron chi connectivity index (χ0n) is 15.7. The first-order chi connectivity index (χ1) is 13.7. The lowest BCUT2D eigenvalue weighted by atomic mass is 10.2. The molecule has 3 heterocycles. The lowest BCUT2D eigenvalue weighted by molar-refractivity contribution is 0.0741. The Labute approximate surface area is 162 Å². The minimum atomic E-state index is -0.154. The number of piperazine rings is 1.